The maximum absolute atomic E-state index is 4.93. The second kappa shape index (κ2) is 5.70. The first-order valence-corrected chi connectivity index (χ1v) is 8.40. The molecule has 2 unspecified atom stereocenters. The Labute approximate surface area is 114 Å². The maximum atomic E-state index is 4.93. The van der Waals surface area contributed by atoms with E-state index in [1.54, 1.807) is 4.88 Å². The molecule has 0 amide bonds. The van der Waals surface area contributed by atoms with Gasteiger partial charge in [-0.25, -0.2) is 4.98 Å². The summed E-state index contributed by atoms with van der Waals surface area (Å²) in [6.45, 7) is 3.48. The van der Waals surface area contributed by atoms with Gasteiger partial charge in [-0.05, 0) is 44.6 Å². The zero-order valence-corrected chi connectivity index (χ0v) is 12.2. The van der Waals surface area contributed by atoms with E-state index in [1.165, 1.54) is 68.6 Å². The van der Waals surface area contributed by atoms with E-state index in [9.17, 15) is 0 Å². The summed E-state index contributed by atoms with van der Waals surface area (Å²) in [5.41, 5.74) is 1.43. The Balaban J connectivity index is 1.72. The molecule has 2 heterocycles. The fourth-order valence-electron chi connectivity index (χ4n) is 3.33. The molecule has 1 N–H and O–H groups in total. The SMILES string of the molecule is CCCC1CCc2nc(C3CCCCN3)sc2C1. The monoisotopic (exact) mass is 264 g/mol. The van der Waals surface area contributed by atoms with Crippen molar-refractivity contribution in [3.05, 3.63) is 15.6 Å². The van der Waals surface area contributed by atoms with Crippen LogP contribution in [0.15, 0.2) is 0 Å². The van der Waals surface area contributed by atoms with Gasteiger partial charge in [0.25, 0.3) is 0 Å². The fraction of sp³-hybridized carbons (Fsp3) is 0.800. The van der Waals surface area contributed by atoms with Crippen LogP contribution in [0.1, 0.15) is 67.1 Å². The van der Waals surface area contributed by atoms with Crippen molar-refractivity contribution in [3.63, 3.8) is 0 Å². The van der Waals surface area contributed by atoms with E-state index in [0.29, 0.717) is 6.04 Å². The second-order valence-corrected chi connectivity index (χ2v) is 6.94. The van der Waals surface area contributed by atoms with E-state index in [-0.39, 0.29) is 0 Å². The summed E-state index contributed by atoms with van der Waals surface area (Å²) >= 11 is 2.00. The van der Waals surface area contributed by atoms with Crippen molar-refractivity contribution in [2.45, 2.75) is 64.3 Å². The number of hydrogen-bond donors (Lipinski definition) is 1. The van der Waals surface area contributed by atoms with Crippen LogP contribution in [0.25, 0.3) is 0 Å². The third-order valence-corrected chi connectivity index (χ3v) is 5.60. The molecule has 3 rings (SSSR count). The number of fused-ring (bicyclic) bond motifs is 1. The lowest BCUT2D eigenvalue weighted by molar-refractivity contribution is 0.408. The molecule has 1 aromatic rings. The standard InChI is InChI=1S/C15H24N2S/c1-2-5-11-7-8-12-14(10-11)18-15(17-12)13-6-3-4-9-16-13/h11,13,16H,2-10H2,1H3. The molecule has 1 aromatic heterocycles. The number of piperidine rings is 1. The first-order chi connectivity index (χ1) is 8.86. The first-order valence-electron chi connectivity index (χ1n) is 7.58. The van der Waals surface area contributed by atoms with Gasteiger partial charge >= 0.3 is 0 Å². The van der Waals surface area contributed by atoms with Gasteiger partial charge in [-0.3, -0.25) is 0 Å². The van der Waals surface area contributed by atoms with Gasteiger partial charge in [0.15, 0.2) is 0 Å². The molecule has 0 bridgehead atoms. The van der Waals surface area contributed by atoms with Gasteiger partial charge in [0.2, 0.25) is 0 Å². The fourth-order valence-corrected chi connectivity index (χ4v) is 4.67. The molecule has 100 valence electrons. The zero-order valence-electron chi connectivity index (χ0n) is 11.4. The summed E-state index contributed by atoms with van der Waals surface area (Å²) in [6.07, 6.45) is 10.6. The molecule has 2 aliphatic rings. The van der Waals surface area contributed by atoms with E-state index in [4.69, 9.17) is 4.98 Å². The molecule has 1 saturated heterocycles. The Bertz CT molecular complexity index is 393. The van der Waals surface area contributed by atoms with Gasteiger partial charge in [0, 0.05) is 4.88 Å². The lowest BCUT2D eigenvalue weighted by atomic mass is 9.88. The van der Waals surface area contributed by atoms with Crippen LogP contribution in [0.5, 0.6) is 0 Å². The summed E-state index contributed by atoms with van der Waals surface area (Å²) < 4.78 is 0. The number of hydrogen-bond acceptors (Lipinski definition) is 3. The van der Waals surface area contributed by atoms with E-state index >= 15 is 0 Å². The van der Waals surface area contributed by atoms with Crippen molar-refractivity contribution in [2.24, 2.45) is 5.92 Å². The number of nitrogens with one attached hydrogen (secondary N) is 1. The van der Waals surface area contributed by atoms with E-state index in [1.807, 2.05) is 11.3 Å². The topological polar surface area (TPSA) is 24.9 Å². The Morgan fingerprint density at radius 3 is 3.06 bits per heavy atom. The molecular formula is C15H24N2S. The maximum Gasteiger partial charge on any atom is 0.110 e. The third kappa shape index (κ3) is 2.62. The van der Waals surface area contributed by atoms with Crippen molar-refractivity contribution in [3.8, 4) is 0 Å². The number of nitrogens with zero attached hydrogens (tertiary/aromatic N) is 1. The summed E-state index contributed by atoms with van der Waals surface area (Å²) in [5, 5.41) is 5.00. The predicted molar refractivity (Wildman–Crippen MR) is 77.1 cm³/mol. The quantitative estimate of drug-likeness (QED) is 0.896. The molecule has 0 spiro atoms. The van der Waals surface area contributed by atoms with E-state index in [2.05, 4.69) is 12.2 Å². The minimum Gasteiger partial charge on any atom is -0.308 e. The number of rotatable bonds is 3. The second-order valence-electron chi connectivity index (χ2n) is 5.82. The van der Waals surface area contributed by atoms with Crippen molar-refractivity contribution in [2.75, 3.05) is 6.54 Å². The van der Waals surface area contributed by atoms with Gasteiger partial charge in [-0.2, -0.15) is 0 Å². The molecule has 18 heavy (non-hydrogen) atoms. The molecule has 1 aliphatic heterocycles. The van der Waals surface area contributed by atoms with Crippen LogP contribution < -0.4 is 5.32 Å². The van der Waals surface area contributed by atoms with E-state index in [0.717, 1.165) is 5.92 Å². The van der Waals surface area contributed by atoms with Crippen LogP contribution in [-0.4, -0.2) is 11.5 Å². The van der Waals surface area contributed by atoms with Crippen molar-refractivity contribution < 1.29 is 0 Å². The molecule has 3 heteroatoms. The van der Waals surface area contributed by atoms with Gasteiger partial charge in [-0.15, -0.1) is 11.3 Å². The van der Waals surface area contributed by atoms with E-state index < -0.39 is 0 Å². The Morgan fingerprint density at radius 1 is 1.33 bits per heavy atom. The van der Waals surface area contributed by atoms with Crippen molar-refractivity contribution in [1.29, 1.82) is 0 Å². The minimum atomic E-state index is 0.555. The molecule has 1 aliphatic carbocycles. The van der Waals surface area contributed by atoms with Crippen LogP contribution >= 0.6 is 11.3 Å². The molecule has 0 saturated carbocycles. The average Bonchev–Trinajstić information content (AvgIpc) is 2.83. The summed E-state index contributed by atoms with van der Waals surface area (Å²) in [6, 6.07) is 0.555. The number of aryl methyl sites for hydroxylation is 1. The number of aromatic nitrogens is 1. The Hall–Kier alpha value is -0.410. The molecule has 0 radical (unpaired) electrons. The molecular weight excluding hydrogens is 240 g/mol. The summed E-state index contributed by atoms with van der Waals surface area (Å²) in [4.78, 5) is 6.52. The minimum absolute atomic E-state index is 0.555. The Morgan fingerprint density at radius 2 is 2.28 bits per heavy atom. The predicted octanol–water partition coefficient (Wildman–Crippen LogP) is 3.86. The van der Waals surface area contributed by atoms with Crippen LogP contribution in [0.4, 0.5) is 0 Å². The van der Waals surface area contributed by atoms with Crippen LogP contribution in [0.3, 0.4) is 0 Å². The summed E-state index contributed by atoms with van der Waals surface area (Å²) in [7, 11) is 0. The summed E-state index contributed by atoms with van der Waals surface area (Å²) in [5.74, 6) is 0.926. The highest BCUT2D eigenvalue weighted by Crippen LogP contribution is 2.35. The number of thiazole rings is 1. The Kier molecular flexibility index (Phi) is 4.00. The first kappa shape index (κ1) is 12.6. The van der Waals surface area contributed by atoms with Crippen molar-refractivity contribution in [1.82, 2.24) is 10.3 Å². The van der Waals surface area contributed by atoms with Crippen LogP contribution in [0, 0.1) is 5.92 Å². The third-order valence-electron chi connectivity index (χ3n) is 4.36. The highest BCUT2D eigenvalue weighted by Gasteiger charge is 2.25. The average molecular weight is 264 g/mol. The zero-order chi connectivity index (χ0) is 12.4. The van der Waals surface area contributed by atoms with Gasteiger partial charge < -0.3 is 5.32 Å². The van der Waals surface area contributed by atoms with Crippen molar-refractivity contribution >= 4 is 11.3 Å². The molecule has 1 fully saturated rings. The smallest absolute Gasteiger partial charge is 0.110 e. The normalized spacial score (nSPS) is 28.1. The van der Waals surface area contributed by atoms with Gasteiger partial charge in [0.05, 0.1) is 11.7 Å². The lowest BCUT2D eigenvalue weighted by Gasteiger charge is -2.21. The highest BCUT2D eigenvalue weighted by molar-refractivity contribution is 7.11. The van der Waals surface area contributed by atoms with Crippen LogP contribution in [-0.2, 0) is 12.8 Å². The molecule has 2 atom stereocenters. The molecule has 0 aromatic carbocycles. The highest BCUT2D eigenvalue weighted by atomic mass is 32.1. The van der Waals surface area contributed by atoms with Gasteiger partial charge in [0.1, 0.15) is 5.01 Å². The van der Waals surface area contributed by atoms with Gasteiger partial charge in [-0.1, -0.05) is 26.2 Å². The lowest BCUT2D eigenvalue weighted by Crippen LogP contribution is -2.26. The largest absolute Gasteiger partial charge is 0.308 e. The van der Waals surface area contributed by atoms with Crippen LogP contribution in [0.2, 0.25) is 0 Å². The molecule has 2 nitrogen and oxygen atoms in total.